The number of methoxy groups -OCH3 is 1. The van der Waals surface area contributed by atoms with Crippen LogP contribution in [0.2, 0.25) is 0 Å². The van der Waals surface area contributed by atoms with E-state index < -0.39 is 17.4 Å². The number of likely N-dealkylation sites (tertiary alicyclic amines) is 1. The van der Waals surface area contributed by atoms with Crippen molar-refractivity contribution in [1.82, 2.24) is 19.7 Å². The Balaban J connectivity index is 1.34. The van der Waals surface area contributed by atoms with Gasteiger partial charge in [0.05, 0.1) is 7.11 Å². The van der Waals surface area contributed by atoms with Crippen molar-refractivity contribution in [2.45, 2.75) is 63.5 Å². The molecule has 2 aromatic rings. The molecular weight excluding hydrogens is 496 g/mol. The smallest absolute Gasteiger partial charge is 0.331 e. The summed E-state index contributed by atoms with van der Waals surface area (Å²) in [5.74, 6) is 0.206. The molecule has 3 unspecified atom stereocenters. The monoisotopic (exact) mass is 532 g/mol. The number of hydrogen-bond acceptors (Lipinski definition) is 6. The summed E-state index contributed by atoms with van der Waals surface area (Å²) in [6.45, 7) is 2.21. The molecule has 4 aliphatic rings. The number of hydrogen-bond donors (Lipinski definition) is 1. The number of barbiturate groups is 1. The molecule has 3 fully saturated rings. The number of carbonyl (C=O) groups excluding carboxylic acids is 3. The van der Waals surface area contributed by atoms with E-state index in [2.05, 4.69) is 10.2 Å². The molecule has 0 spiro atoms. The van der Waals surface area contributed by atoms with E-state index in [4.69, 9.17) is 4.74 Å². The topological polar surface area (TPSA) is 101 Å². The predicted octanol–water partition coefficient (Wildman–Crippen LogP) is 2.92. The van der Waals surface area contributed by atoms with E-state index in [-0.39, 0.29) is 42.3 Å². The second-order valence-electron chi connectivity index (χ2n) is 11.7. The van der Waals surface area contributed by atoms with Gasteiger partial charge in [-0.2, -0.15) is 0 Å². The molecule has 1 aromatic heterocycles. The highest BCUT2D eigenvalue weighted by atomic mass is 16.5. The van der Waals surface area contributed by atoms with Gasteiger partial charge in [0.15, 0.2) is 0 Å². The molecule has 1 aliphatic carbocycles. The predicted molar refractivity (Wildman–Crippen MR) is 144 cm³/mol. The average molecular weight is 533 g/mol. The third-order valence-corrected chi connectivity index (χ3v) is 9.16. The lowest BCUT2D eigenvalue weighted by molar-refractivity contribution is -0.155. The zero-order valence-corrected chi connectivity index (χ0v) is 22.4. The quantitative estimate of drug-likeness (QED) is 0.575. The largest absolute Gasteiger partial charge is 0.497 e. The van der Waals surface area contributed by atoms with Gasteiger partial charge in [0.25, 0.3) is 5.56 Å². The van der Waals surface area contributed by atoms with Crippen molar-refractivity contribution in [3.63, 3.8) is 0 Å². The molecule has 1 N–H and O–H groups in total. The number of ether oxygens (including phenoxy) is 1. The van der Waals surface area contributed by atoms with Gasteiger partial charge in [-0.3, -0.25) is 24.6 Å². The fourth-order valence-electron chi connectivity index (χ4n) is 7.32. The number of nitrogens with zero attached hydrogens (tertiary/aromatic N) is 3. The van der Waals surface area contributed by atoms with Crippen LogP contribution in [-0.4, -0.2) is 65.0 Å². The van der Waals surface area contributed by atoms with Crippen LogP contribution in [0.25, 0.3) is 0 Å². The zero-order valence-electron chi connectivity index (χ0n) is 22.4. The highest BCUT2D eigenvalue weighted by Crippen LogP contribution is 2.39. The summed E-state index contributed by atoms with van der Waals surface area (Å²) in [7, 11) is 1.60. The number of nitrogens with one attached hydrogen (secondary N) is 1. The Morgan fingerprint density at radius 3 is 2.46 bits per heavy atom. The lowest BCUT2D eigenvalue weighted by Gasteiger charge is -2.48. The third-order valence-electron chi connectivity index (χ3n) is 9.16. The van der Waals surface area contributed by atoms with Crippen molar-refractivity contribution in [2.24, 2.45) is 11.3 Å². The van der Waals surface area contributed by atoms with E-state index in [0.717, 1.165) is 49.8 Å². The van der Waals surface area contributed by atoms with Crippen LogP contribution in [0.15, 0.2) is 47.3 Å². The summed E-state index contributed by atoms with van der Waals surface area (Å²) in [6.07, 6.45) is 5.75. The van der Waals surface area contributed by atoms with Gasteiger partial charge in [-0.05, 0) is 55.4 Å². The van der Waals surface area contributed by atoms with Crippen LogP contribution in [0.3, 0.4) is 0 Å². The maximum Gasteiger partial charge on any atom is 0.331 e. The van der Waals surface area contributed by atoms with Crippen molar-refractivity contribution in [3.05, 3.63) is 64.1 Å². The van der Waals surface area contributed by atoms with Crippen LogP contribution in [-0.2, 0) is 22.6 Å². The molecule has 1 aromatic carbocycles. The summed E-state index contributed by atoms with van der Waals surface area (Å²) in [6, 6.07) is 12.1. The first-order valence-corrected chi connectivity index (χ1v) is 14.1. The van der Waals surface area contributed by atoms with Crippen LogP contribution in [0.1, 0.15) is 55.7 Å². The molecule has 6 rings (SSSR count). The Morgan fingerprint density at radius 2 is 1.72 bits per heavy atom. The van der Waals surface area contributed by atoms with E-state index in [1.165, 1.54) is 4.90 Å². The summed E-state index contributed by atoms with van der Waals surface area (Å²) >= 11 is 0. The van der Waals surface area contributed by atoms with Gasteiger partial charge in [-0.25, -0.2) is 4.79 Å². The number of imide groups is 2. The molecule has 9 nitrogen and oxygen atoms in total. The fraction of sp³-hybridized carbons (Fsp3) is 0.533. The second-order valence-corrected chi connectivity index (χ2v) is 11.7. The first kappa shape index (κ1) is 25.8. The number of benzene rings is 1. The minimum absolute atomic E-state index is 0.0232. The molecule has 4 heterocycles. The Hall–Kier alpha value is -3.46. The number of piperidine rings is 1. The molecular formula is C30H36N4O5. The minimum atomic E-state index is -1.43. The molecule has 2 saturated heterocycles. The van der Waals surface area contributed by atoms with E-state index in [1.54, 1.807) is 13.2 Å². The van der Waals surface area contributed by atoms with Crippen molar-refractivity contribution < 1.29 is 19.1 Å². The lowest BCUT2D eigenvalue weighted by Crippen LogP contribution is -2.69. The van der Waals surface area contributed by atoms with Gasteiger partial charge < -0.3 is 14.2 Å². The Bertz CT molecular complexity index is 1330. The van der Waals surface area contributed by atoms with Crippen molar-refractivity contribution in [3.8, 4) is 5.75 Å². The van der Waals surface area contributed by atoms with Crippen LogP contribution in [0.5, 0.6) is 5.75 Å². The molecule has 3 atom stereocenters. The summed E-state index contributed by atoms with van der Waals surface area (Å²) < 4.78 is 7.19. The lowest BCUT2D eigenvalue weighted by atomic mass is 9.75. The number of urea groups is 1. The van der Waals surface area contributed by atoms with Gasteiger partial charge in [0.2, 0.25) is 11.8 Å². The molecule has 4 amide bonds. The maximum absolute atomic E-state index is 14.4. The van der Waals surface area contributed by atoms with Gasteiger partial charge in [0.1, 0.15) is 11.2 Å². The Morgan fingerprint density at radius 1 is 0.949 bits per heavy atom. The standard InChI is InChI=1S/C30H36N4O5/c1-39-24-12-10-20(11-13-24)15-30(27(36)31-29(38)34(28(30)37)23-6-3-2-4-7-23)19-32-16-21-14-22(18-32)25-8-5-9-26(35)33(25)17-21/h5,8-13,21-23H,2-4,6-7,14-19H2,1H3,(H,31,36,38). The highest BCUT2D eigenvalue weighted by molar-refractivity contribution is 6.19. The fourth-order valence-corrected chi connectivity index (χ4v) is 7.32. The normalized spacial score (nSPS) is 27.7. The number of aromatic nitrogens is 1. The molecule has 2 bridgehead atoms. The van der Waals surface area contributed by atoms with E-state index in [1.807, 2.05) is 41.0 Å². The molecule has 1 saturated carbocycles. The molecule has 9 heteroatoms. The number of rotatable bonds is 6. The number of fused-ring (bicyclic) bond motifs is 4. The molecule has 206 valence electrons. The van der Waals surface area contributed by atoms with Crippen molar-refractivity contribution in [2.75, 3.05) is 26.7 Å². The van der Waals surface area contributed by atoms with Gasteiger partial charge in [0, 0.05) is 49.9 Å². The van der Waals surface area contributed by atoms with E-state index >= 15 is 0 Å². The Labute approximate surface area is 228 Å². The van der Waals surface area contributed by atoms with Gasteiger partial charge in [-0.1, -0.05) is 37.5 Å². The third kappa shape index (κ3) is 4.67. The molecule has 0 radical (unpaired) electrons. The highest BCUT2D eigenvalue weighted by Gasteiger charge is 2.56. The SMILES string of the molecule is COc1ccc(CC2(CN3CC4CC(C3)c3cccc(=O)n3C4)C(=O)NC(=O)N(C3CCCCC3)C2=O)cc1. The zero-order chi connectivity index (χ0) is 27.1. The molecule has 3 aliphatic heterocycles. The summed E-state index contributed by atoms with van der Waals surface area (Å²) in [4.78, 5) is 57.3. The van der Waals surface area contributed by atoms with Crippen LogP contribution in [0, 0.1) is 11.3 Å². The van der Waals surface area contributed by atoms with Gasteiger partial charge >= 0.3 is 6.03 Å². The first-order valence-electron chi connectivity index (χ1n) is 14.1. The van der Waals surface area contributed by atoms with Crippen LogP contribution < -0.4 is 15.6 Å². The van der Waals surface area contributed by atoms with E-state index in [0.29, 0.717) is 25.4 Å². The van der Waals surface area contributed by atoms with E-state index in [9.17, 15) is 19.2 Å². The average Bonchev–Trinajstić information content (AvgIpc) is 2.93. The summed E-state index contributed by atoms with van der Waals surface area (Å²) in [5.41, 5.74) is 0.453. The van der Waals surface area contributed by atoms with Gasteiger partial charge in [-0.15, -0.1) is 0 Å². The number of carbonyl (C=O) groups is 3. The maximum atomic E-state index is 14.4. The first-order chi connectivity index (χ1) is 18.9. The van der Waals surface area contributed by atoms with Crippen LogP contribution in [0.4, 0.5) is 4.79 Å². The number of pyridine rings is 1. The minimum Gasteiger partial charge on any atom is -0.497 e. The second kappa shape index (κ2) is 10.3. The number of amides is 4. The summed E-state index contributed by atoms with van der Waals surface area (Å²) in [5, 5.41) is 2.58. The van der Waals surface area contributed by atoms with Crippen LogP contribution >= 0.6 is 0 Å². The molecule has 39 heavy (non-hydrogen) atoms. The van der Waals surface area contributed by atoms with Crippen molar-refractivity contribution in [1.29, 1.82) is 0 Å². The Kier molecular flexibility index (Phi) is 6.79. The van der Waals surface area contributed by atoms with Crippen molar-refractivity contribution >= 4 is 17.8 Å².